The predicted molar refractivity (Wildman–Crippen MR) is 59.2 cm³/mol. The molecule has 0 amide bonds. The maximum atomic E-state index is 12.8. The van der Waals surface area contributed by atoms with Crippen molar-refractivity contribution in [3.05, 3.63) is 58.5 Å². The SMILES string of the molecule is OC(c1ccc(Cl)o1)c1ccccc1C(F)(F)F. The van der Waals surface area contributed by atoms with Crippen LogP contribution in [0.4, 0.5) is 13.2 Å². The normalized spacial score (nSPS) is 13.6. The molecular formula is C12H8ClF3O2. The zero-order chi connectivity index (χ0) is 13.3. The van der Waals surface area contributed by atoms with E-state index in [1.54, 1.807) is 0 Å². The molecule has 0 fully saturated rings. The molecule has 0 bridgehead atoms. The van der Waals surface area contributed by atoms with Gasteiger partial charge >= 0.3 is 6.18 Å². The van der Waals surface area contributed by atoms with Crippen molar-refractivity contribution in [2.75, 3.05) is 0 Å². The number of aliphatic hydroxyl groups excluding tert-OH is 1. The van der Waals surface area contributed by atoms with E-state index in [1.165, 1.54) is 30.3 Å². The number of benzene rings is 1. The Hall–Kier alpha value is -1.46. The molecule has 0 spiro atoms. The van der Waals surface area contributed by atoms with Crippen LogP contribution in [0, 0.1) is 0 Å². The van der Waals surface area contributed by atoms with E-state index in [-0.39, 0.29) is 16.5 Å². The van der Waals surface area contributed by atoms with Gasteiger partial charge in [0.2, 0.25) is 0 Å². The zero-order valence-electron chi connectivity index (χ0n) is 8.91. The monoisotopic (exact) mass is 276 g/mol. The van der Waals surface area contributed by atoms with E-state index < -0.39 is 17.8 Å². The lowest BCUT2D eigenvalue weighted by molar-refractivity contribution is -0.139. The minimum atomic E-state index is -4.53. The van der Waals surface area contributed by atoms with Crippen molar-refractivity contribution in [3.8, 4) is 0 Å². The first-order chi connectivity index (χ1) is 8.39. The molecule has 0 aliphatic heterocycles. The van der Waals surface area contributed by atoms with Gasteiger partial charge < -0.3 is 9.52 Å². The van der Waals surface area contributed by atoms with Crippen LogP contribution in [0.1, 0.15) is 23.0 Å². The van der Waals surface area contributed by atoms with Crippen LogP contribution in [0.5, 0.6) is 0 Å². The third kappa shape index (κ3) is 2.52. The first kappa shape index (κ1) is 13.0. The third-order valence-corrected chi connectivity index (χ3v) is 2.63. The Morgan fingerprint density at radius 3 is 2.33 bits per heavy atom. The van der Waals surface area contributed by atoms with Gasteiger partial charge in [0.15, 0.2) is 5.22 Å². The topological polar surface area (TPSA) is 33.4 Å². The molecule has 2 rings (SSSR count). The first-order valence-corrected chi connectivity index (χ1v) is 5.37. The standard InChI is InChI=1S/C12H8ClF3O2/c13-10-6-5-9(18-10)11(17)7-3-1-2-4-8(7)12(14,15)16/h1-6,11,17H. The number of furan rings is 1. The molecule has 0 saturated carbocycles. The molecule has 96 valence electrons. The average molecular weight is 277 g/mol. The molecule has 1 aromatic carbocycles. The first-order valence-electron chi connectivity index (χ1n) is 4.99. The molecule has 1 unspecified atom stereocenters. The van der Waals surface area contributed by atoms with Gasteiger partial charge in [-0.1, -0.05) is 18.2 Å². The predicted octanol–water partition coefficient (Wildman–Crippen LogP) is 4.03. The summed E-state index contributed by atoms with van der Waals surface area (Å²) in [6, 6.07) is 7.47. The van der Waals surface area contributed by atoms with E-state index in [9.17, 15) is 18.3 Å². The largest absolute Gasteiger partial charge is 0.447 e. The Kier molecular flexibility index (Phi) is 3.36. The van der Waals surface area contributed by atoms with E-state index in [0.717, 1.165) is 6.07 Å². The summed E-state index contributed by atoms with van der Waals surface area (Å²) in [6.45, 7) is 0. The van der Waals surface area contributed by atoms with Crippen molar-refractivity contribution < 1.29 is 22.7 Å². The summed E-state index contributed by atoms with van der Waals surface area (Å²) >= 11 is 5.52. The summed E-state index contributed by atoms with van der Waals surface area (Å²) in [7, 11) is 0. The molecule has 1 atom stereocenters. The minimum Gasteiger partial charge on any atom is -0.447 e. The summed E-state index contributed by atoms with van der Waals surface area (Å²) in [6.07, 6.45) is -6.04. The Morgan fingerprint density at radius 1 is 1.11 bits per heavy atom. The highest BCUT2D eigenvalue weighted by molar-refractivity contribution is 6.28. The third-order valence-electron chi connectivity index (χ3n) is 2.42. The maximum Gasteiger partial charge on any atom is 0.416 e. The molecule has 18 heavy (non-hydrogen) atoms. The van der Waals surface area contributed by atoms with Gasteiger partial charge in [-0.05, 0) is 29.8 Å². The Labute approximate surface area is 106 Å². The summed E-state index contributed by atoms with van der Waals surface area (Å²) in [5.74, 6) is -0.0308. The van der Waals surface area contributed by atoms with Crippen LogP contribution in [-0.4, -0.2) is 5.11 Å². The Morgan fingerprint density at radius 2 is 1.78 bits per heavy atom. The lowest BCUT2D eigenvalue weighted by Gasteiger charge is -2.15. The van der Waals surface area contributed by atoms with Crippen molar-refractivity contribution in [2.45, 2.75) is 12.3 Å². The van der Waals surface area contributed by atoms with E-state index in [4.69, 9.17) is 16.0 Å². The van der Waals surface area contributed by atoms with Crippen LogP contribution in [-0.2, 0) is 6.18 Å². The fourth-order valence-electron chi connectivity index (χ4n) is 1.62. The van der Waals surface area contributed by atoms with Crippen LogP contribution in [0.25, 0.3) is 0 Å². The Balaban J connectivity index is 2.45. The number of rotatable bonds is 2. The van der Waals surface area contributed by atoms with Gasteiger partial charge in [0.1, 0.15) is 11.9 Å². The lowest BCUT2D eigenvalue weighted by atomic mass is 10.0. The molecular weight excluding hydrogens is 269 g/mol. The van der Waals surface area contributed by atoms with Gasteiger partial charge in [0.25, 0.3) is 0 Å². The van der Waals surface area contributed by atoms with Crippen LogP contribution >= 0.6 is 11.6 Å². The number of aliphatic hydroxyl groups is 1. The van der Waals surface area contributed by atoms with E-state index in [0.29, 0.717) is 0 Å². The number of hydrogen-bond acceptors (Lipinski definition) is 2. The van der Waals surface area contributed by atoms with Crippen molar-refractivity contribution in [2.24, 2.45) is 0 Å². The highest BCUT2D eigenvalue weighted by atomic mass is 35.5. The second-order valence-corrected chi connectivity index (χ2v) is 4.00. The second kappa shape index (κ2) is 4.66. The van der Waals surface area contributed by atoms with Gasteiger partial charge in [-0.2, -0.15) is 13.2 Å². The lowest BCUT2D eigenvalue weighted by Crippen LogP contribution is -2.12. The summed E-state index contributed by atoms with van der Waals surface area (Å²) in [4.78, 5) is 0. The van der Waals surface area contributed by atoms with E-state index in [2.05, 4.69) is 0 Å². The molecule has 0 saturated heterocycles. The van der Waals surface area contributed by atoms with Crippen molar-refractivity contribution >= 4 is 11.6 Å². The molecule has 0 aliphatic rings. The molecule has 1 N–H and O–H groups in total. The molecule has 0 radical (unpaired) electrons. The zero-order valence-corrected chi connectivity index (χ0v) is 9.66. The molecule has 2 nitrogen and oxygen atoms in total. The van der Waals surface area contributed by atoms with Gasteiger partial charge in [0.05, 0.1) is 5.56 Å². The Bertz CT molecular complexity index is 548. The fourth-order valence-corrected chi connectivity index (χ4v) is 1.77. The smallest absolute Gasteiger partial charge is 0.416 e. The molecule has 2 aromatic rings. The number of alkyl halides is 3. The molecule has 1 aromatic heterocycles. The van der Waals surface area contributed by atoms with Crippen molar-refractivity contribution in [1.29, 1.82) is 0 Å². The van der Waals surface area contributed by atoms with Gasteiger partial charge in [-0.15, -0.1) is 0 Å². The molecule has 6 heteroatoms. The number of hydrogen-bond donors (Lipinski definition) is 1. The minimum absolute atomic E-state index is 0.00791. The summed E-state index contributed by atoms with van der Waals surface area (Å²) in [5.41, 5.74) is -1.17. The summed E-state index contributed by atoms with van der Waals surface area (Å²) < 4.78 is 43.2. The maximum absolute atomic E-state index is 12.8. The average Bonchev–Trinajstić information content (AvgIpc) is 2.74. The van der Waals surface area contributed by atoms with Crippen LogP contribution in [0.2, 0.25) is 5.22 Å². The van der Waals surface area contributed by atoms with Gasteiger partial charge in [0, 0.05) is 5.56 Å². The molecule has 1 heterocycles. The van der Waals surface area contributed by atoms with E-state index >= 15 is 0 Å². The van der Waals surface area contributed by atoms with Gasteiger partial charge in [-0.3, -0.25) is 0 Å². The highest BCUT2D eigenvalue weighted by Gasteiger charge is 2.35. The van der Waals surface area contributed by atoms with Gasteiger partial charge in [-0.25, -0.2) is 0 Å². The van der Waals surface area contributed by atoms with E-state index in [1.807, 2.05) is 0 Å². The second-order valence-electron chi connectivity index (χ2n) is 3.63. The number of halogens is 4. The highest BCUT2D eigenvalue weighted by Crippen LogP contribution is 2.36. The molecule has 0 aliphatic carbocycles. The van der Waals surface area contributed by atoms with Crippen molar-refractivity contribution in [1.82, 2.24) is 0 Å². The van der Waals surface area contributed by atoms with Crippen LogP contribution in [0.15, 0.2) is 40.8 Å². The van der Waals surface area contributed by atoms with Crippen molar-refractivity contribution in [3.63, 3.8) is 0 Å². The summed E-state index contributed by atoms with van der Waals surface area (Å²) in [5, 5.41) is 9.90. The van der Waals surface area contributed by atoms with Crippen LogP contribution in [0.3, 0.4) is 0 Å². The fraction of sp³-hybridized carbons (Fsp3) is 0.167. The quantitative estimate of drug-likeness (QED) is 0.898. The van der Waals surface area contributed by atoms with Crippen LogP contribution < -0.4 is 0 Å².